The Bertz CT molecular complexity index is 26.9. The molecule has 0 aliphatic rings. The minimum Gasteiger partial charge on any atom is -0.305 e. The lowest BCUT2D eigenvalue weighted by atomic mass is 10.5. The van der Waals surface area contributed by atoms with E-state index >= 15 is 0 Å². The normalized spacial score (nSPS) is 7.71. The van der Waals surface area contributed by atoms with Crippen LogP contribution in [0.3, 0.4) is 0 Å². The van der Waals surface area contributed by atoms with E-state index in [0.717, 1.165) is 12.2 Å². The monoisotopic (exact) mass is 143 g/mol. The predicted octanol–water partition coefficient (Wildman–Crippen LogP) is 0.618. The van der Waals surface area contributed by atoms with E-state index in [1.807, 2.05) is 0 Å². The van der Waals surface area contributed by atoms with Gasteiger partial charge < -0.3 is 4.84 Å². The highest BCUT2D eigenvalue weighted by Gasteiger charge is 1.75. The third-order valence-electron chi connectivity index (χ3n) is 0.420. The number of halogens is 1. The third-order valence-corrected chi connectivity index (χ3v) is 0.737. The minimum absolute atomic E-state index is 0. The summed E-state index contributed by atoms with van der Waals surface area (Å²) in [5.74, 6) is 5.53. The fraction of sp³-hybridized carbons (Fsp3) is 1.00. The predicted molar refractivity (Wildman–Crippen MR) is 35.9 cm³/mol. The summed E-state index contributed by atoms with van der Waals surface area (Å²) in [5, 5.41) is 0. The fourth-order valence-corrected chi connectivity index (χ4v) is 0.277. The van der Waals surface area contributed by atoms with Crippen LogP contribution in [0.2, 0.25) is 0 Å². The van der Waals surface area contributed by atoms with Crippen LogP contribution >= 0.6 is 25.0 Å². The smallest absolute Gasteiger partial charge is 0.0687 e. The van der Waals surface area contributed by atoms with Crippen molar-refractivity contribution < 1.29 is 4.84 Å². The molecule has 0 saturated heterocycles. The van der Waals surface area contributed by atoms with Gasteiger partial charge in [-0.05, 0) is 12.2 Å². The second-order valence-electron chi connectivity index (χ2n) is 0.948. The van der Waals surface area contributed by atoms with Gasteiger partial charge in [0.25, 0.3) is 0 Å². The lowest BCUT2D eigenvalue weighted by Crippen LogP contribution is -2.00. The zero-order valence-electron chi connectivity index (χ0n) is 3.96. The summed E-state index contributed by atoms with van der Waals surface area (Å²) in [6, 6.07) is 0. The van der Waals surface area contributed by atoms with Crippen LogP contribution in [0, 0.1) is 0 Å². The maximum atomic E-state index is 4.68. The number of thiol groups is 1. The van der Waals surface area contributed by atoms with Gasteiger partial charge in [0.2, 0.25) is 0 Å². The summed E-state index contributed by atoms with van der Waals surface area (Å²) in [6.07, 6.45) is 0.930. The molecule has 0 atom stereocenters. The summed E-state index contributed by atoms with van der Waals surface area (Å²) < 4.78 is 0. The summed E-state index contributed by atoms with van der Waals surface area (Å²) in [5.41, 5.74) is 0. The lowest BCUT2D eigenvalue weighted by molar-refractivity contribution is 0.139. The van der Waals surface area contributed by atoms with Crippen LogP contribution in [0.1, 0.15) is 6.42 Å². The van der Waals surface area contributed by atoms with E-state index < -0.39 is 0 Å². The minimum atomic E-state index is 0. The van der Waals surface area contributed by atoms with E-state index in [9.17, 15) is 0 Å². The van der Waals surface area contributed by atoms with E-state index in [-0.39, 0.29) is 12.4 Å². The summed E-state index contributed by atoms with van der Waals surface area (Å²) in [6.45, 7) is 0.615. The van der Waals surface area contributed by atoms with Crippen molar-refractivity contribution in [2.45, 2.75) is 6.42 Å². The van der Waals surface area contributed by atoms with Crippen molar-refractivity contribution in [3.8, 4) is 0 Å². The number of hydrogen-bond donors (Lipinski definition) is 2. The highest BCUT2D eigenvalue weighted by molar-refractivity contribution is 7.80. The standard InChI is InChI=1S/C3H9NOS.ClH/c4-5-2-1-3-6;/h6H,1-4H2;1H. The first-order valence-corrected chi connectivity index (χ1v) is 2.47. The van der Waals surface area contributed by atoms with E-state index in [1.54, 1.807) is 0 Å². The maximum absolute atomic E-state index is 4.68. The van der Waals surface area contributed by atoms with Crippen LogP contribution in [-0.2, 0) is 4.84 Å². The summed E-state index contributed by atoms with van der Waals surface area (Å²) >= 11 is 3.92. The first-order valence-electron chi connectivity index (χ1n) is 1.84. The molecule has 0 rings (SSSR count). The molecule has 0 saturated carbocycles. The second-order valence-corrected chi connectivity index (χ2v) is 1.40. The Labute approximate surface area is 55.2 Å². The van der Waals surface area contributed by atoms with Gasteiger partial charge in [-0.1, -0.05) is 0 Å². The fourth-order valence-electron chi connectivity index (χ4n) is 0.148. The van der Waals surface area contributed by atoms with Crippen LogP contribution in [0.5, 0.6) is 0 Å². The molecule has 0 unspecified atom stereocenters. The molecule has 0 aromatic rings. The van der Waals surface area contributed by atoms with Crippen molar-refractivity contribution in [1.29, 1.82) is 0 Å². The second kappa shape index (κ2) is 9.75. The molecule has 7 heavy (non-hydrogen) atoms. The number of nitrogens with two attached hydrogens (primary N) is 1. The molecule has 0 amide bonds. The Kier molecular flexibility index (Phi) is 14.7. The molecule has 0 heterocycles. The van der Waals surface area contributed by atoms with E-state index in [2.05, 4.69) is 23.4 Å². The zero-order chi connectivity index (χ0) is 4.83. The van der Waals surface area contributed by atoms with Crippen LogP contribution in [0.15, 0.2) is 0 Å². The van der Waals surface area contributed by atoms with Crippen molar-refractivity contribution in [2.24, 2.45) is 5.90 Å². The van der Waals surface area contributed by atoms with Crippen molar-refractivity contribution in [1.82, 2.24) is 0 Å². The molecule has 0 spiro atoms. The van der Waals surface area contributed by atoms with E-state index in [1.165, 1.54) is 0 Å². The molecule has 0 aromatic carbocycles. The molecule has 0 fully saturated rings. The molecule has 0 bridgehead atoms. The van der Waals surface area contributed by atoms with Gasteiger partial charge >= 0.3 is 0 Å². The average molecular weight is 144 g/mol. The van der Waals surface area contributed by atoms with Gasteiger partial charge in [-0.25, -0.2) is 5.90 Å². The van der Waals surface area contributed by atoms with Gasteiger partial charge in [-0.3, -0.25) is 0 Å². The highest BCUT2D eigenvalue weighted by Crippen LogP contribution is 1.79. The highest BCUT2D eigenvalue weighted by atomic mass is 35.5. The molecule has 2 N–H and O–H groups in total. The molecule has 0 aliphatic heterocycles. The number of hydrogen-bond acceptors (Lipinski definition) is 3. The average Bonchev–Trinajstić information content (AvgIpc) is 1.61. The van der Waals surface area contributed by atoms with Crippen LogP contribution in [0.25, 0.3) is 0 Å². The SMILES string of the molecule is Cl.NOCCCS. The molecule has 0 radical (unpaired) electrons. The Balaban J connectivity index is 0. The molecule has 46 valence electrons. The van der Waals surface area contributed by atoms with Crippen molar-refractivity contribution in [3.05, 3.63) is 0 Å². The van der Waals surface area contributed by atoms with Gasteiger partial charge in [-0.2, -0.15) is 12.6 Å². The van der Waals surface area contributed by atoms with Crippen LogP contribution in [0.4, 0.5) is 0 Å². The largest absolute Gasteiger partial charge is 0.305 e. The lowest BCUT2D eigenvalue weighted by Gasteiger charge is -1.88. The molecular formula is C3H10ClNOS. The topological polar surface area (TPSA) is 35.2 Å². The molecule has 4 heteroatoms. The summed E-state index contributed by atoms with van der Waals surface area (Å²) in [4.78, 5) is 4.23. The van der Waals surface area contributed by atoms with Crippen molar-refractivity contribution in [3.63, 3.8) is 0 Å². The first kappa shape index (κ1) is 10.5. The molecule has 0 aromatic heterocycles. The van der Waals surface area contributed by atoms with E-state index in [4.69, 9.17) is 0 Å². The maximum Gasteiger partial charge on any atom is 0.0687 e. The van der Waals surface area contributed by atoms with Gasteiger partial charge in [0.05, 0.1) is 6.61 Å². The Morgan fingerprint density at radius 2 is 2.14 bits per heavy atom. The van der Waals surface area contributed by atoms with Crippen LogP contribution in [-0.4, -0.2) is 12.4 Å². The Morgan fingerprint density at radius 1 is 1.57 bits per heavy atom. The van der Waals surface area contributed by atoms with Crippen molar-refractivity contribution in [2.75, 3.05) is 12.4 Å². The van der Waals surface area contributed by atoms with Gasteiger partial charge in [0.1, 0.15) is 0 Å². The van der Waals surface area contributed by atoms with Crippen LogP contribution < -0.4 is 5.90 Å². The van der Waals surface area contributed by atoms with Gasteiger partial charge in [-0.15, -0.1) is 12.4 Å². The first-order chi connectivity index (χ1) is 2.91. The molecule has 0 aliphatic carbocycles. The number of rotatable bonds is 3. The molecular weight excluding hydrogens is 134 g/mol. The van der Waals surface area contributed by atoms with Crippen molar-refractivity contribution >= 4 is 25.0 Å². The third kappa shape index (κ3) is 10.8. The Hall–Kier alpha value is 0.560. The van der Waals surface area contributed by atoms with Gasteiger partial charge in [0.15, 0.2) is 0 Å². The Morgan fingerprint density at radius 3 is 2.29 bits per heavy atom. The van der Waals surface area contributed by atoms with E-state index in [0.29, 0.717) is 6.61 Å². The molecule has 2 nitrogen and oxygen atoms in total. The van der Waals surface area contributed by atoms with Gasteiger partial charge in [0, 0.05) is 0 Å². The quantitative estimate of drug-likeness (QED) is 0.345. The summed E-state index contributed by atoms with van der Waals surface area (Å²) in [7, 11) is 0. The zero-order valence-corrected chi connectivity index (χ0v) is 5.67.